The lowest BCUT2D eigenvalue weighted by Gasteiger charge is -2.07. The molecule has 0 aliphatic rings. The van der Waals surface area contributed by atoms with Crippen molar-refractivity contribution < 1.29 is 27.5 Å². The summed E-state index contributed by atoms with van der Waals surface area (Å²) in [6.07, 6.45) is -3.31. The van der Waals surface area contributed by atoms with Gasteiger partial charge < -0.3 is 9.52 Å². The van der Waals surface area contributed by atoms with Gasteiger partial charge in [-0.05, 0) is 24.3 Å². The average Bonchev–Trinajstić information content (AvgIpc) is 3.01. The molecule has 1 aromatic heterocycles. The monoisotopic (exact) mass is 309 g/mol. The number of para-hydroxylation sites is 1. The van der Waals surface area contributed by atoms with Gasteiger partial charge in [-0.25, -0.2) is 0 Å². The minimum atomic E-state index is -5.14. The second-order valence-corrected chi connectivity index (χ2v) is 4.16. The Morgan fingerprint density at radius 2 is 1.82 bits per heavy atom. The molecule has 0 bridgehead atoms. The van der Waals surface area contributed by atoms with Crippen LogP contribution >= 0.6 is 0 Å². The van der Waals surface area contributed by atoms with Gasteiger partial charge in [0.2, 0.25) is 0 Å². The first kappa shape index (κ1) is 15.6. The summed E-state index contributed by atoms with van der Waals surface area (Å²) in [7, 11) is 0. The summed E-state index contributed by atoms with van der Waals surface area (Å²) in [4.78, 5) is 15.2. The number of carbonyl (C=O) groups excluding carboxylic acids is 1. The summed E-state index contributed by atoms with van der Waals surface area (Å²) in [5.41, 5.74) is -0.659. The number of alkyl halides is 3. The highest BCUT2D eigenvalue weighted by atomic mass is 19.4. The van der Waals surface area contributed by atoms with E-state index in [0.29, 0.717) is 11.9 Å². The molecule has 0 atom stereocenters. The van der Waals surface area contributed by atoms with Gasteiger partial charge in [0, 0.05) is 6.21 Å². The first-order valence-corrected chi connectivity index (χ1v) is 6.07. The lowest BCUT2D eigenvalue weighted by molar-refractivity contribution is -0.165. The Hall–Kier alpha value is -2.83. The maximum absolute atomic E-state index is 12.6. The maximum Gasteiger partial charge on any atom is 0.455 e. The number of Topliss-reactive ketones (excluding diaryl/α,β-unsaturated/α-hetero) is 1. The number of rotatable bonds is 4. The number of halogens is 3. The summed E-state index contributed by atoms with van der Waals surface area (Å²) in [5, 5.41) is 9.85. The van der Waals surface area contributed by atoms with Gasteiger partial charge in [0.1, 0.15) is 0 Å². The molecule has 0 saturated heterocycles. The minimum Gasteiger partial charge on any atom is -0.504 e. The molecule has 0 saturated carbocycles. The first-order valence-electron chi connectivity index (χ1n) is 6.07. The second-order valence-electron chi connectivity index (χ2n) is 4.16. The van der Waals surface area contributed by atoms with Crippen LogP contribution in [0.2, 0.25) is 0 Å². The van der Waals surface area contributed by atoms with E-state index in [4.69, 9.17) is 4.42 Å². The molecule has 0 aliphatic carbocycles. The van der Waals surface area contributed by atoms with E-state index in [1.165, 1.54) is 24.3 Å². The molecular formula is C15H10F3NO3. The fourth-order valence-electron chi connectivity index (χ4n) is 1.58. The highest BCUT2D eigenvalue weighted by Gasteiger charge is 2.42. The molecule has 0 unspecified atom stereocenters. The van der Waals surface area contributed by atoms with Gasteiger partial charge in [-0.2, -0.15) is 13.2 Å². The Labute approximate surface area is 123 Å². The number of hydrogen-bond acceptors (Lipinski definition) is 4. The minimum absolute atomic E-state index is 0.257. The second kappa shape index (κ2) is 6.30. The zero-order chi connectivity index (χ0) is 16.2. The third-order valence-electron chi connectivity index (χ3n) is 2.61. The van der Waals surface area contributed by atoms with Crippen LogP contribution in [0.25, 0.3) is 5.76 Å². The van der Waals surface area contributed by atoms with Crippen molar-refractivity contribution in [1.82, 2.24) is 0 Å². The summed E-state index contributed by atoms with van der Waals surface area (Å²) < 4.78 is 42.7. The molecule has 1 N–H and O–H groups in total. The predicted molar refractivity (Wildman–Crippen MR) is 73.9 cm³/mol. The van der Waals surface area contributed by atoms with Crippen LogP contribution in [-0.4, -0.2) is 23.3 Å². The summed E-state index contributed by atoms with van der Waals surface area (Å²) in [6.45, 7) is 0. The van der Waals surface area contributed by atoms with Crippen LogP contribution in [0.3, 0.4) is 0 Å². The van der Waals surface area contributed by atoms with Gasteiger partial charge in [-0.15, -0.1) is 0 Å². The fourth-order valence-corrected chi connectivity index (χ4v) is 1.58. The molecule has 0 amide bonds. The zero-order valence-corrected chi connectivity index (χ0v) is 11.0. The molecule has 2 rings (SSSR count). The number of furan rings is 1. The van der Waals surface area contributed by atoms with Crippen molar-refractivity contribution in [3.63, 3.8) is 0 Å². The number of aliphatic imine (C=N–C) groups is 1. The molecule has 0 aliphatic heterocycles. The zero-order valence-electron chi connectivity index (χ0n) is 11.0. The van der Waals surface area contributed by atoms with Crippen LogP contribution in [0.15, 0.2) is 63.7 Å². The largest absolute Gasteiger partial charge is 0.504 e. The molecule has 2 aromatic rings. The molecule has 0 spiro atoms. The Balaban J connectivity index is 2.45. The molecule has 4 nitrogen and oxygen atoms in total. The Kier molecular flexibility index (Phi) is 4.45. The quantitative estimate of drug-likeness (QED) is 0.526. The van der Waals surface area contributed by atoms with E-state index in [9.17, 15) is 23.1 Å². The topological polar surface area (TPSA) is 62.8 Å². The molecule has 0 radical (unpaired) electrons. The Morgan fingerprint density at radius 3 is 2.36 bits per heavy atom. The van der Waals surface area contributed by atoms with Crippen LogP contribution in [0.4, 0.5) is 18.9 Å². The molecule has 7 heteroatoms. The predicted octanol–water partition coefficient (Wildman–Crippen LogP) is 4.08. The van der Waals surface area contributed by atoms with Crippen molar-refractivity contribution >= 4 is 23.4 Å². The number of ketones is 1. The smallest absolute Gasteiger partial charge is 0.455 e. The van der Waals surface area contributed by atoms with Crippen LogP contribution in [-0.2, 0) is 4.79 Å². The van der Waals surface area contributed by atoms with Gasteiger partial charge in [0.25, 0.3) is 5.78 Å². The SMILES string of the molecule is O=C(C(C=Nc1ccccc1)=C(O)c1ccco1)C(F)(F)F. The number of carbonyl (C=O) groups is 1. The highest BCUT2D eigenvalue weighted by molar-refractivity contribution is 6.20. The summed E-state index contributed by atoms with van der Waals surface area (Å²) >= 11 is 0. The van der Waals surface area contributed by atoms with E-state index in [2.05, 4.69) is 4.99 Å². The molecular weight excluding hydrogens is 299 g/mol. The number of benzene rings is 1. The van der Waals surface area contributed by atoms with E-state index < -0.39 is 23.3 Å². The molecule has 22 heavy (non-hydrogen) atoms. The Bertz CT molecular complexity index is 701. The Morgan fingerprint density at radius 1 is 1.14 bits per heavy atom. The third-order valence-corrected chi connectivity index (χ3v) is 2.61. The highest BCUT2D eigenvalue weighted by Crippen LogP contribution is 2.25. The summed E-state index contributed by atoms with van der Waals surface area (Å²) in [6, 6.07) is 10.6. The number of aliphatic hydroxyl groups is 1. The van der Waals surface area contributed by atoms with E-state index in [1.54, 1.807) is 18.2 Å². The third kappa shape index (κ3) is 3.63. The molecule has 1 aromatic carbocycles. The van der Waals surface area contributed by atoms with Gasteiger partial charge in [-0.1, -0.05) is 18.2 Å². The van der Waals surface area contributed by atoms with Crippen LogP contribution < -0.4 is 0 Å². The van der Waals surface area contributed by atoms with Crippen molar-refractivity contribution in [2.45, 2.75) is 6.18 Å². The van der Waals surface area contributed by atoms with E-state index in [0.717, 1.165) is 6.26 Å². The van der Waals surface area contributed by atoms with Gasteiger partial charge in [0.05, 0.1) is 17.5 Å². The van der Waals surface area contributed by atoms with Gasteiger partial charge in [0.15, 0.2) is 11.5 Å². The van der Waals surface area contributed by atoms with E-state index >= 15 is 0 Å². The fraction of sp³-hybridized carbons (Fsp3) is 0.0667. The van der Waals surface area contributed by atoms with Crippen molar-refractivity contribution in [1.29, 1.82) is 0 Å². The van der Waals surface area contributed by atoms with Gasteiger partial charge in [-0.3, -0.25) is 9.79 Å². The standard InChI is InChI=1S/C15H10F3NO3/c16-15(17,18)14(21)11(13(20)12-7-4-8-22-12)9-19-10-5-2-1-3-6-10/h1-9,20H. The lowest BCUT2D eigenvalue weighted by atomic mass is 10.1. The van der Waals surface area contributed by atoms with Crippen molar-refractivity contribution in [2.75, 3.05) is 0 Å². The molecule has 114 valence electrons. The van der Waals surface area contributed by atoms with Crippen molar-refractivity contribution in [3.05, 3.63) is 60.1 Å². The number of allylic oxidation sites excluding steroid dienone is 1. The summed E-state index contributed by atoms with van der Waals surface area (Å²) in [5.74, 6) is -3.39. The molecule has 1 heterocycles. The number of aliphatic hydroxyl groups excluding tert-OH is 1. The molecule has 0 fully saturated rings. The van der Waals surface area contributed by atoms with Crippen LogP contribution in [0.5, 0.6) is 0 Å². The average molecular weight is 309 g/mol. The van der Waals surface area contributed by atoms with Crippen molar-refractivity contribution in [2.24, 2.45) is 4.99 Å². The van der Waals surface area contributed by atoms with Crippen LogP contribution in [0.1, 0.15) is 5.76 Å². The lowest BCUT2D eigenvalue weighted by Crippen LogP contribution is -2.26. The van der Waals surface area contributed by atoms with Gasteiger partial charge >= 0.3 is 6.18 Å². The van der Waals surface area contributed by atoms with Crippen LogP contribution in [0, 0.1) is 0 Å². The number of nitrogens with zero attached hydrogens (tertiary/aromatic N) is 1. The number of hydrogen-bond donors (Lipinski definition) is 1. The van der Waals surface area contributed by atoms with E-state index in [-0.39, 0.29) is 5.76 Å². The first-order chi connectivity index (χ1) is 10.4. The van der Waals surface area contributed by atoms with Crippen molar-refractivity contribution in [3.8, 4) is 0 Å². The maximum atomic E-state index is 12.6. The normalized spacial score (nSPS) is 13.2. The van der Waals surface area contributed by atoms with E-state index in [1.807, 2.05) is 0 Å².